The smallest absolute Gasteiger partial charge is 0.247 e. The van der Waals surface area contributed by atoms with Crippen molar-refractivity contribution < 1.29 is 13.2 Å². The molecule has 0 aliphatic heterocycles. The van der Waals surface area contributed by atoms with E-state index in [4.69, 9.17) is 0 Å². The molecule has 4 nitrogen and oxygen atoms in total. The van der Waals surface area contributed by atoms with Gasteiger partial charge in [0, 0.05) is 5.57 Å². The van der Waals surface area contributed by atoms with E-state index in [2.05, 4.69) is 11.9 Å². The van der Waals surface area contributed by atoms with Crippen LogP contribution in [0.3, 0.4) is 0 Å². The number of carbonyl (C=O) groups excluding carboxylic acids is 1. The summed E-state index contributed by atoms with van der Waals surface area (Å²) >= 11 is 0. The van der Waals surface area contributed by atoms with Gasteiger partial charge in [-0.1, -0.05) is 24.3 Å². The van der Waals surface area contributed by atoms with Gasteiger partial charge in [-0.3, -0.25) is 4.79 Å². The summed E-state index contributed by atoms with van der Waals surface area (Å²) in [6.07, 6.45) is 0. The van der Waals surface area contributed by atoms with Crippen molar-refractivity contribution >= 4 is 15.7 Å². The highest BCUT2D eigenvalue weighted by molar-refractivity contribution is 7.91. The van der Waals surface area contributed by atoms with Crippen LogP contribution in [0.15, 0.2) is 41.3 Å². The highest BCUT2D eigenvalue weighted by atomic mass is 32.2. The number of hydrogen-bond donors (Lipinski definition) is 1. The van der Waals surface area contributed by atoms with Crippen LogP contribution in [0.4, 0.5) is 0 Å². The average Bonchev–Trinajstić information content (AvgIpc) is 2.26. The van der Waals surface area contributed by atoms with E-state index in [0.29, 0.717) is 0 Å². The van der Waals surface area contributed by atoms with E-state index < -0.39 is 21.6 Å². The van der Waals surface area contributed by atoms with Crippen LogP contribution in [0.1, 0.15) is 12.5 Å². The fourth-order valence-electron chi connectivity index (χ4n) is 1.14. The Balaban J connectivity index is 2.79. The molecule has 0 saturated carbocycles. The SMILES string of the molecule is C=C(C)C(=O)NCS(=O)(=O)c1ccc(C)cc1. The lowest BCUT2D eigenvalue weighted by atomic mass is 10.2. The molecule has 1 N–H and O–H groups in total. The molecule has 0 heterocycles. The topological polar surface area (TPSA) is 63.2 Å². The summed E-state index contributed by atoms with van der Waals surface area (Å²) < 4.78 is 23.7. The number of hydrogen-bond acceptors (Lipinski definition) is 3. The summed E-state index contributed by atoms with van der Waals surface area (Å²) in [5, 5.41) is 2.31. The molecule has 0 radical (unpaired) electrons. The molecule has 92 valence electrons. The van der Waals surface area contributed by atoms with Crippen molar-refractivity contribution in [1.82, 2.24) is 5.32 Å². The second-order valence-electron chi connectivity index (χ2n) is 3.86. The third kappa shape index (κ3) is 3.71. The van der Waals surface area contributed by atoms with Crippen LogP contribution in [0, 0.1) is 6.92 Å². The van der Waals surface area contributed by atoms with E-state index in [1.54, 1.807) is 12.1 Å². The van der Waals surface area contributed by atoms with Crippen LogP contribution in [-0.2, 0) is 14.6 Å². The minimum atomic E-state index is -3.48. The molecule has 0 spiro atoms. The maximum atomic E-state index is 11.8. The van der Waals surface area contributed by atoms with Crippen molar-refractivity contribution in [2.24, 2.45) is 0 Å². The summed E-state index contributed by atoms with van der Waals surface area (Å²) in [5.74, 6) is -0.873. The van der Waals surface area contributed by atoms with E-state index in [0.717, 1.165) is 5.56 Å². The lowest BCUT2D eigenvalue weighted by Crippen LogP contribution is -2.29. The van der Waals surface area contributed by atoms with Crippen LogP contribution in [0.2, 0.25) is 0 Å². The first-order valence-corrected chi connectivity index (χ1v) is 6.71. The van der Waals surface area contributed by atoms with Gasteiger partial charge in [0.25, 0.3) is 0 Å². The van der Waals surface area contributed by atoms with Crippen LogP contribution in [-0.4, -0.2) is 20.2 Å². The van der Waals surface area contributed by atoms with E-state index >= 15 is 0 Å². The second kappa shape index (κ2) is 5.14. The van der Waals surface area contributed by atoms with Gasteiger partial charge in [-0.25, -0.2) is 8.42 Å². The quantitative estimate of drug-likeness (QED) is 0.825. The third-order valence-electron chi connectivity index (χ3n) is 2.19. The number of nitrogens with one attached hydrogen (secondary N) is 1. The molecule has 0 bridgehead atoms. The summed E-state index contributed by atoms with van der Waals surface area (Å²) in [4.78, 5) is 11.4. The molecule has 1 rings (SSSR count). The minimum Gasteiger partial charge on any atom is -0.338 e. The molecule has 0 aromatic heterocycles. The maximum Gasteiger partial charge on any atom is 0.247 e. The maximum absolute atomic E-state index is 11.8. The second-order valence-corrected chi connectivity index (χ2v) is 5.85. The van der Waals surface area contributed by atoms with Gasteiger partial charge in [-0.15, -0.1) is 0 Å². The lowest BCUT2D eigenvalue weighted by molar-refractivity contribution is -0.117. The zero-order chi connectivity index (χ0) is 13.1. The molecule has 0 unspecified atom stereocenters. The molecule has 1 aromatic carbocycles. The Morgan fingerprint density at radius 3 is 2.29 bits per heavy atom. The number of aryl methyl sites for hydroxylation is 1. The van der Waals surface area contributed by atoms with Crippen molar-refractivity contribution in [1.29, 1.82) is 0 Å². The van der Waals surface area contributed by atoms with Gasteiger partial charge in [-0.2, -0.15) is 0 Å². The van der Waals surface area contributed by atoms with Gasteiger partial charge in [0.15, 0.2) is 9.84 Å². The van der Waals surface area contributed by atoms with Gasteiger partial charge in [0.2, 0.25) is 5.91 Å². The van der Waals surface area contributed by atoms with Crippen molar-refractivity contribution in [3.05, 3.63) is 42.0 Å². The zero-order valence-corrected chi connectivity index (χ0v) is 10.7. The molecule has 0 fully saturated rings. The van der Waals surface area contributed by atoms with Crippen molar-refractivity contribution in [3.63, 3.8) is 0 Å². The Morgan fingerprint density at radius 1 is 1.29 bits per heavy atom. The van der Waals surface area contributed by atoms with Crippen LogP contribution in [0.25, 0.3) is 0 Å². The first-order chi connectivity index (χ1) is 7.83. The largest absolute Gasteiger partial charge is 0.338 e. The van der Waals surface area contributed by atoms with Crippen molar-refractivity contribution in [2.45, 2.75) is 18.7 Å². The van der Waals surface area contributed by atoms with Gasteiger partial charge in [-0.05, 0) is 26.0 Å². The van der Waals surface area contributed by atoms with E-state index in [1.807, 2.05) is 6.92 Å². The minimum absolute atomic E-state index is 0.199. The average molecular weight is 253 g/mol. The zero-order valence-electron chi connectivity index (χ0n) is 9.86. The normalized spacial score (nSPS) is 10.9. The summed E-state index contributed by atoms with van der Waals surface area (Å²) in [5.41, 5.74) is 1.26. The predicted octanol–water partition coefficient (Wildman–Crippen LogP) is 1.42. The van der Waals surface area contributed by atoms with Gasteiger partial charge in [0.1, 0.15) is 5.88 Å². The molecule has 0 aliphatic carbocycles. The number of amides is 1. The predicted molar refractivity (Wildman–Crippen MR) is 66.2 cm³/mol. The number of benzene rings is 1. The van der Waals surface area contributed by atoms with Crippen LogP contribution in [0.5, 0.6) is 0 Å². The van der Waals surface area contributed by atoms with Gasteiger partial charge in [0.05, 0.1) is 4.90 Å². The molecular weight excluding hydrogens is 238 g/mol. The Labute approximate surface area is 101 Å². The molecule has 5 heteroatoms. The summed E-state index contributed by atoms with van der Waals surface area (Å²) in [6.45, 7) is 6.83. The molecule has 1 amide bonds. The Hall–Kier alpha value is -1.62. The number of carbonyl (C=O) groups is 1. The Morgan fingerprint density at radius 2 is 1.82 bits per heavy atom. The summed E-state index contributed by atoms with van der Waals surface area (Å²) in [7, 11) is -3.48. The fraction of sp³-hybridized carbons (Fsp3) is 0.250. The standard InChI is InChI=1S/C12H15NO3S/c1-9(2)12(14)13-8-17(15,16)11-6-4-10(3)5-7-11/h4-7H,1,8H2,2-3H3,(H,13,14). The molecule has 1 aromatic rings. The first kappa shape index (κ1) is 13.4. The molecule has 0 atom stereocenters. The number of rotatable bonds is 4. The highest BCUT2D eigenvalue weighted by Crippen LogP contribution is 2.11. The molecule has 17 heavy (non-hydrogen) atoms. The molecular formula is C12H15NO3S. The number of sulfone groups is 1. The summed E-state index contributed by atoms with van der Waals surface area (Å²) in [6, 6.07) is 6.48. The monoisotopic (exact) mass is 253 g/mol. The van der Waals surface area contributed by atoms with Crippen molar-refractivity contribution in [3.8, 4) is 0 Å². The Kier molecular flexibility index (Phi) is 4.07. The fourth-order valence-corrected chi connectivity index (χ4v) is 2.18. The van der Waals surface area contributed by atoms with E-state index in [1.165, 1.54) is 19.1 Å². The van der Waals surface area contributed by atoms with Crippen LogP contribution >= 0.6 is 0 Å². The van der Waals surface area contributed by atoms with Gasteiger partial charge < -0.3 is 5.32 Å². The Bertz CT molecular complexity index is 529. The molecule has 0 aliphatic rings. The van der Waals surface area contributed by atoms with Crippen LogP contribution < -0.4 is 5.32 Å². The van der Waals surface area contributed by atoms with Crippen molar-refractivity contribution in [2.75, 3.05) is 5.88 Å². The first-order valence-electron chi connectivity index (χ1n) is 5.06. The molecule has 0 saturated heterocycles. The third-order valence-corrected chi connectivity index (χ3v) is 3.71. The lowest BCUT2D eigenvalue weighted by Gasteiger charge is -2.06. The van der Waals surface area contributed by atoms with E-state index in [9.17, 15) is 13.2 Å². The highest BCUT2D eigenvalue weighted by Gasteiger charge is 2.15. The van der Waals surface area contributed by atoms with Gasteiger partial charge >= 0.3 is 0 Å². The van der Waals surface area contributed by atoms with E-state index in [-0.39, 0.29) is 10.5 Å².